The summed E-state index contributed by atoms with van der Waals surface area (Å²) in [4.78, 5) is 2.23. The Balaban J connectivity index is 2.28. The highest BCUT2D eigenvalue weighted by molar-refractivity contribution is 5.66. The lowest BCUT2D eigenvalue weighted by atomic mass is 9.99. The third kappa shape index (κ3) is 1.85. The number of hydrogen-bond acceptors (Lipinski definition) is 1. The van der Waals surface area contributed by atoms with Crippen LogP contribution in [0.25, 0.3) is 5.57 Å². The number of halogens is 1. The molecule has 0 atom stereocenters. The van der Waals surface area contributed by atoms with E-state index in [2.05, 4.69) is 18.0 Å². The second kappa shape index (κ2) is 3.93. The van der Waals surface area contributed by atoms with Gasteiger partial charge >= 0.3 is 0 Å². The first kappa shape index (κ1) is 9.41. The Labute approximate surface area is 83.9 Å². The van der Waals surface area contributed by atoms with E-state index in [1.165, 1.54) is 6.07 Å². The van der Waals surface area contributed by atoms with Gasteiger partial charge < -0.3 is 4.90 Å². The van der Waals surface area contributed by atoms with Gasteiger partial charge in [0.05, 0.1) is 0 Å². The van der Waals surface area contributed by atoms with Crippen LogP contribution in [0.5, 0.6) is 0 Å². The molecule has 0 radical (unpaired) electrons. The number of benzene rings is 1. The zero-order chi connectivity index (χ0) is 9.97. The molecular weight excluding hydrogens is 177 g/mol. The van der Waals surface area contributed by atoms with E-state index in [0.717, 1.165) is 30.6 Å². The number of likely N-dealkylation sites (N-methyl/N-ethyl adjacent to an activating group) is 1. The van der Waals surface area contributed by atoms with Gasteiger partial charge in [-0.05, 0) is 25.1 Å². The van der Waals surface area contributed by atoms with Crippen LogP contribution in [0.3, 0.4) is 0 Å². The normalized spacial score (nSPS) is 18.0. The van der Waals surface area contributed by atoms with Gasteiger partial charge in [-0.3, -0.25) is 0 Å². The summed E-state index contributed by atoms with van der Waals surface area (Å²) in [5, 5.41) is 0. The Morgan fingerprint density at radius 1 is 1.29 bits per heavy atom. The van der Waals surface area contributed by atoms with E-state index in [4.69, 9.17) is 0 Å². The zero-order valence-corrected chi connectivity index (χ0v) is 8.33. The van der Waals surface area contributed by atoms with E-state index in [-0.39, 0.29) is 5.82 Å². The largest absolute Gasteiger partial charge is 0.302 e. The fraction of sp³-hybridized carbons (Fsp3) is 0.333. The first-order chi connectivity index (χ1) is 6.77. The van der Waals surface area contributed by atoms with Crippen molar-refractivity contribution in [3.05, 3.63) is 41.7 Å². The Hall–Kier alpha value is -1.15. The first-order valence-electron chi connectivity index (χ1n) is 4.90. The van der Waals surface area contributed by atoms with Crippen molar-refractivity contribution in [2.45, 2.75) is 6.42 Å². The van der Waals surface area contributed by atoms with Gasteiger partial charge in [0.2, 0.25) is 0 Å². The van der Waals surface area contributed by atoms with Crippen LogP contribution in [0.4, 0.5) is 4.39 Å². The third-order valence-electron chi connectivity index (χ3n) is 2.63. The molecule has 1 aliphatic rings. The molecule has 0 spiro atoms. The van der Waals surface area contributed by atoms with Crippen LogP contribution in [0.15, 0.2) is 30.3 Å². The molecule has 0 saturated heterocycles. The van der Waals surface area contributed by atoms with Crippen LogP contribution in [0, 0.1) is 5.82 Å². The molecule has 0 aromatic heterocycles. The van der Waals surface area contributed by atoms with Crippen LogP contribution < -0.4 is 0 Å². The van der Waals surface area contributed by atoms with Gasteiger partial charge in [-0.25, -0.2) is 4.39 Å². The topological polar surface area (TPSA) is 3.24 Å². The average Bonchev–Trinajstić information content (AvgIpc) is 2.20. The lowest BCUT2D eigenvalue weighted by Gasteiger charge is -2.22. The molecule has 0 bridgehead atoms. The van der Waals surface area contributed by atoms with Crippen molar-refractivity contribution in [1.29, 1.82) is 0 Å². The van der Waals surface area contributed by atoms with Crippen LogP contribution in [-0.4, -0.2) is 25.0 Å². The van der Waals surface area contributed by atoms with Crippen molar-refractivity contribution in [3.63, 3.8) is 0 Å². The summed E-state index contributed by atoms with van der Waals surface area (Å²) in [7, 11) is 2.08. The van der Waals surface area contributed by atoms with Gasteiger partial charge in [-0.2, -0.15) is 0 Å². The molecule has 2 rings (SSSR count). The lowest BCUT2D eigenvalue weighted by molar-refractivity contribution is 0.369. The lowest BCUT2D eigenvalue weighted by Crippen LogP contribution is -2.23. The number of nitrogens with zero attached hydrogens (tertiary/aromatic N) is 1. The smallest absolute Gasteiger partial charge is 0.130 e. The van der Waals surface area contributed by atoms with Crippen molar-refractivity contribution >= 4 is 5.57 Å². The monoisotopic (exact) mass is 191 g/mol. The summed E-state index contributed by atoms with van der Waals surface area (Å²) in [6, 6.07) is 6.99. The van der Waals surface area contributed by atoms with Crippen LogP contribution in [-0.2, 0) is 0 Å². The molecule has 1 nitrogen and oxygen atoms in total. The van der Waals surface area contributed by atoms with Gasteiger partial charge in [0.25, 0.3) is 0 Å². The van der Waals surface area contributed by atoms with E-state index < -0.39 is 0 Å². The second-order valence-electron chi connectivity index (χ2n) is 3.72. The summed E-state index contributed by atoms with van der Waals surface area (Å²) in [6.07, 6.45) is 3.05. The second-order valence-corrected chi connectivity index (χ2v) is 3.72. The summed E-state index contributed by atoms with van der Waals surface area (Å²) >= 11 is 0. The summed E-state index contributed by atoms with van der Waals surface area (Å²) in [5.74, 6) is -0.108. The van der Waals surface area contributed by atoms with Crippen molar-refractivity contribution in [2.75, 3.05) is 20.1 Å². The number of hydrogen-bond donors (Lipinski definition) is 0. The van der Waals surface area contributed by atoms with Crippen molar-refractivity contribution in [3.8, 4) is 0 Å². The molecule has 0 amide bonds. The molecule has 2 heteroatoms. The summed E-state index contributed by atoms with van der Waals surface area (Å²) in [5.41, 5.74) is 1.90. The van der Waals surface area contributed by atoms with E-state index >= 15 is 0 Å². The molecule has 1 heterocycles. The van der Waals surface area contributed by atoms with Crippen LogP contribution in [0.2, 0.25) is 0 Å². The Morgan fingerprint density at radius 3 is 2.71 bits per heavy atom. The SMILES string of the molecule is CN1CC=C(c2ccccc2F)CC1. The minimum Gasteiger partial charge on any atom is -0.302 e. The molecule has 1 aromatic rings. The third-order valence-corrected chi connectivity index (χ3v) is 2.63. The predicted molar refractivity (Wildman–Crippen MR) is 56.5 cm³/mol. The molecule has 0 fully saturated rings. The quantitative estimate of drug-likeness (QED) is 0.659. The van der Waals surface area contributed by atoms with Crippen LogP contribution in [0.1, 0.15) is 12.0 Å². The predicted octanol–water partition coefficient (Wildman–Crippen LogP) is 2.54. The molecular formula is C12H14FN. The maximum Gasteiger partial charge on any atom is 0.130 e. The highest BCUT2D eigenvalue weighted by atomic mass is 19.1. The van der Waals surface area contributed by atoms with E-state index in [1.807, 2.05) is 12.1 Å². The van der Waals surface area contributed by atoms with Crippen LogP contribution >= 0.6 is 0 Å². The summed E-state index contributed by atoms with van der Waals surface area (Å²) < 4.78 is 13.4. The first-order valence-corrected chi connectivity index (χ1v) is 4.90. The van der Waals surface area contributed by atoms with Crippen molar-refractivity contribution in [1.82, 2.24) is 4.90 Å². The van der Waals surface area contributed by atoms with Gasteiger partial charge in [0.1, 0.15) is 5.82 Å². The molecule has 14 heavy (non-hydrogen) atoms. The highest BCUT2D eigenvalue weighted by Crippen LogP contribution is 2.23. The molecule has 1 aliphatic heterocycles. The summed E-state index contributed by atoms with van der Waals surface area (Å²) in [6.45, 7) is 1.93. The molecule has 74 valence electrons. The molecule has 0 aliphatic carbocycles. The van der Waals surface area contributed by atoms with E-state index in [0.29, 0.717) is 0 Å². The molecule has 0 saturated carbocycles. The Kier molecular flexibility index (Phi) is 2.64. The average molecular weight is 191 g/mol. The highest BCUT2D eigenvalue weighted by Gasteiger charge is 2.11. The zero-order valence-electron chi connectivity index (χ0n) is 8.33. The fourth-order valence-electron chi connectivity index (χ4n) is 1.74. The maximum atomic E-state index is 13.4. The van der Waals surface area contributed by atoms with E-state index in [9.17, 15) is 4.39 Å². The van der Waals surface area contributed by atoms with Gasteiger partial charge in [-0.15, -0.1) is 0 Å². The van der Waals surface area contributed by atoms with Gasteiger partial charge in [0.15, 0.2) is 0 Å². The number of rotatable bonds is 1. The van der Waals surface area contributed by atoms with Gasteiger partial charge in [0, 0.05) is 18.7 Å². The fourth-order valence-corrected chi connectivity index (χ4v) is 1.74. The minimum atomic E-state index is -0.108. The minimum absolute atomic E-state index is 0.108. The van der Waals surface area contributed by atoms with Crippen molar-refractivity contribution in [2.24, 2.45) is 0 Å². The Bertz CT molecular complexity index is 357. The molecule has 0 N–H and O–H groups in total. The Morgan fingerprint density at radius 2 is 2.07 bits per heavy atom. The van der Waals surface area contributed by atoms with Crippen molar-refractivity contribution < 1.29 is 4.39 Å². The molecule has 0 unspecified atom stereocenters. The standard InChI is InChI=1S/C12H14FN/c1-14-8-6-10(7-9-14)11-4-2-3-5-12(11)13/h2-6H,7-9H2,1H3. The maximum absolute atomic E-state index is 13.4. The van der Waals surface area contributed by atoms with Gasteiger partial charge in [-0.1, -0.05) is 24.3 Å². The van der Waals surface area contributed by atoms with E-state index in [1.54, 1.807) is 6.07 Å². The molecule has 1 aromatic carbocycles.